The minimum Gasteiger partial charge on any atom is -0.449 e. The normalized spacial score (nSPS) is 22.4. The molecule has 0 radical (unpaired) electrons. The summed E-state index contributed by atoms with van der Waals surface area (Å²) < 4.78 is 5.53. The van der Waals surface area contributed by atoms with E-state index in [9.17, 15) is 9.59 Å². The molecule has 8 nitrogen and oxygen atoms in total. The fourth-order valence-corrected chi connectivity index (χ4v) is 5.37. The second-order valence-corrected chi connectivity index (χ2v) is 11.8. The number of nitrogens with zero attached hydrogens (tertiary/aromatic N) is 4. The minimum absolute atomic E-state index is 0.00924. The molecule has 2 aliphatic rings. The van der Waals surface area contributed by atoms with Gasteiger partial charge in [0.2, 0.25) is 5.91 Å². The molecule has 1 fully saturated rings. The maximum Gasteiger partial charge on any atom is 0.409 e. The van der Waals surface area contributed by atoms with Gasteiger partial charge in [-0.1, -0.05) is 39.8 Å². The summed E-state index contributed by atoms with van der Waals surface area (Å²) in [5.74, 6) is 1.28. The van der Waals surface area contributed by atoms with Gasteiger partial charge < -0.3 is 19.9 Å². The summed E-state index contributed by atoms with van der Waals surface area (Å²) in [6, 6.07) is 6.52. The zero-order valence-electron chi connectivity index (χ0n) is 23.2. The van der Waals surface area contributed by atoms with Crippen molar-refractivity contribution in [2.75, 3.05) is 29.9 Å². The first-order valence-electron chi connectivity index (χ1n) is 13.3. The van der Waals surface area contributed by atoms with Crippen LogP contribution in [0.1, 0.15) is 83.2 Å². The summed E-state index contributed by atoms with van der Waals surface area (Å²) in [7, 11) is 0. The number of piperidine rings is 1. The second-order valence-electron chi connectivity index (χ2n) is 11.8. The van der Waals surface area contributed by atoms with Crippen molar-refractivity contribution in [1.82, 2.24) is 14.9 Å². The third-order valence-corrected chi connectivity index (χ3v) is 7.62. The monoisotopic (exact) mass is 507 g/mol. The SMILES string of the molecule is CC(=O)N1c2ccc(C3CCN(C(=O)OCC(C)(C)C)CC3)cc2C(Nc2cnc(C)cn2)C(C)[C@@H]1C. The molecule has 1 N–H and O–H groups in total. The van der Waals surface area contributed by atoms with E-state index in [0.717, 1.165) is 35.6 Å². The first-order chi connectivity index (χ1) is 17.4. The van der Waals surface area contributed by atoms with Gasteiger partial charge in [-0.3, -0.25) is 9.78 Å². The molecule has 0 aliphatic carbocycles. The number of benzene rings is 1. The number of hydrogen-bond acceptors (Lipinski definition) is 6. The molecule has 200 valence electrons. The van der Waals surface area contributed by atoms with Gasteiger partial charge in [0.25, 0.3) is 0 Å². The summed E-state index contributed by atoms with van der Waals surface area (Å²) in [6.07, 6.45) is 5.07. The van der Waals surface area contributed by atoms with Crippen molar-refractivity contribution in [3.63, 3.8) is 0 Å². The Hall–Kier alpha value is -3.16. The number of ether oxygens (including phenoxy) is 1. The van der Waals surface area contributed by atoms with Crippen molar-refractivity contribution in [3.8, 4) is 0 Å². The van der Waals surface area contributed by atoms with Crippen LogP contribution in [0.25, 0.3) is 0 Å². The summed E-state index contributed by atoms with van der Waals surface area (Å²) in [5, 5.41) is 3.60. The van der Waals surface area contributed by atoms with E-state index in [1.165, 1.54) is 5.56 Å². The van der Waals surface area contributed by atoms with Crippen molar-refractivity contribution in [1.29, 1.82) is 0 Å². The third kappa shape index (κ3) is 6.05. The van der Waals surface area contributed by atoms with E-state index in [1.54, 1.807) is 19.3 Å². The minimum atomic E-state index is -0.220. The molecule has 2 aromatic rings. The van der Waals surface area contributed by atoms with Crippen LogP contribution in [0.15, 0.2) is 30.6 Å². The molecule has 8 heteroatoms. The summed E-state index contributed by atoms with van der Waals surface area (Å²) in [6.45, 7) is 15.8. The average Bonchev–Trinajstić information content (AvgIpc) is 2.86. The number of aromatic nitrogens is 2. The molecule has 1 aromatic heterocycles. The molecule has 0 saturated carbocycles. The maximum absolute atomic E-state index is 12.7. The van der Waals surface area contributed by atoms with E-state index in [0.29, 0.717) is 25.6 Å². The molecule has 2 amide bonds. The number of amides is 2. The standard InChI is InChI=1S/C29H41N5O3/c1-18-15-31-26(16-30-18)32-27-19(2)20(3)34(21(4)35)25-9-8-23(14-24(25)27)22-10-12-33(13-11-22)28(36)37-17-29(5,6)7/h8-9,14-16,19-20,22,27H,10-13,17H2,1-7H3,(H,31,32)/t19?,20-,27?/m0/s1. The number of anilines is 2. The van der Waals surface area contributed by atoms with Crippen LogP contribution in [0.3, 0.4) is 0 Å². The van der Waals surface area contributed by atoms with Crippen LogP contribution in [0.2, 0.25) is 0 Å². The number of nitrogens with one attached hydrogen (secondary N) is 1. The topological polar surface area (TPSA) is 87.7 Å². The number of likely N-dealkylation sites (tertiary alicyclic amines) is 1. The Bertz CT molecular complexity index is 1120. The fraction of sp³-hybridized carbons (Fsp3) is 0.586. The Morgan fingerprint density at radius 2 is 1.81 bits per heavy atom. The quantitative estimate of drug-likeness (QED) is 0.572. The number of carbonyl (C=O) groups is 2. The molecule has 0 bridgehead atoms. The lowest BCUT2D eigenvalue weighted by Crippen LogP contribution is -2.48. The van der Waals surface area contributed by atoms with E-state index in [1.807, 2.05) is 16.7 Å². The van der Waals surface area contributed by atoms with Gasteiger partial charge in [-0.25, -0.2) is 9.78 Å². The summed E-state index contributed by atoms with van der Waals surface area (Å²) in [4.78, 5) is 37.8. The fourth-order valence-electron chi connectivity index (χ4n) is 5.37. The molecule has 4 rings (SSSR count). The third-order valence-electron chi connectivity index (χ3n) is 7.62. The molecular formula is C29H41N5O3. The highest BCUT2D eigenvalue weighted by Gasteiger charge is 2.39. The molecular weight excluding hydrogens is 466 g/mol. The Morgan fingerprint density at radius 3 is 2.41 bits per heavy atom. The first-order valence-corrected chi connectivity index (χ1v) is 13.3. The Morgan fingerprint density at radius 1 is 1.11 bits per heavy atom. The lowest BCUT2D eigenvalue weighted by atomic mass is 9.80. The molecule has 3 heterocycles. The molecule has 3 atom stereocenters. The lowest BCUT2D eigenvalue weighted by Gasteiger charge is -2.44. The zero-order chi connectivity index (χ0) is 26.9. The van der Waals surface area contributed by atoms with Gasteiger partial charge >= 0.3 is 6.09 Å². The van der Waals surface area contributed by atoms with Crippen LogP contribution in [-0.4, -0.2) is 52.6 Å². The van der Waals surface area contributed by atoms with Gasteiger partial charge in [-0.05, 0) is 55.2 Å². The Labute approximate surface area is 220 Å². The van der Waals surface area contributed by atoms with Crippen molar-refractivity contribution in [2.45, 2.75) is 79.3 Å². The van der Waals surface area contributed by atoms with Gasteiger partial charge in [-0.15, -0.1) is 0 Å². The average molecular weight is 508 g/mol. The van der Waals surface area contributed by atoms with Crippen molar-refractivity contribution in [2.24, 2.45) is 11.3 Å². The smallest absolute Gasteiger partial charge is 0.409 e. The van der Waals surface area contributed by atoms with Crippen LogP contribution in [0.4, 0.5) is 16.3 Å². The molecule has 1 aromatic carbocycles. The van der Waals surface area contributed by atoms with E-state index in [4.69, 9.17) is 4.74 Å². The number of fused-ring (bicyclic) bond motifs is 1. The van der Waals surface area contributed by atoms with E-state index in [-0.39, 0.29) is 35.4 Å². The molecule has 37 heavy (non-hydrogen) atoms. The Balaban J connectivity index is 1.56. The lowest BCUT2D eigenvalue weighted by molar-refractivity contribution is -0.117. The van der Waals surface area contributed by atoms with Crippen LogP contribution >= 0.6 is 0 Å². The highest BCUT2D eigenvalue weighted by molar-refractivity contribution is 5.94. The molecule has 2 unspecified atom stereocenters. The molecule has 2 aliphatic heterocycles. The number of aryl methyl sites for hydroxylation is 1. The molecule has 0 spiro atoms. The number of hydrogen-bond donors (Lipinski definition) is 1. The first kappa shape index (κ1) is 26.9. The van der Waals surface area contributed by atoms with Gasteiger partial charge in [-0.2, -0.15) is 0 Å². The predicted octanol–water partition coefficient (Wildman–Crippen LogP) is 5.69. The van der Waals surface area contributed by atoms with Crippen LogP contribution in [-0.2, 0) is 9.53 Å². The summed E-state index contributed by atoms with van der Waals surface area (Å²) >= 11 is 0. The van der Waals surface area contributed by atoms with Crippen molar-refractivity contribution >= 4 is 23.5 Å². The van der Waals surface area contributed by atoms with Crippen LogP contribution in [0, 0.1) is 18.3 Å². The van der Waals surface area contributed by atoms with E-state index >= 15 is 0 Å². The van der Waals surface area contributed by atoms with Crippen LogP contribution < -0.4 is 10.2 Å². The second kappa shape index (κ2) is 10.7. The summed E-state index contributed by atoms with van der Waals surface area (Å²) in [5.41, 5.74) is 4.12. The van der Waals surface area contributed by atoms with Gasteiger partial charge in [0.1, 0.15) is 5.82 Å². The van der Waals surface area contributed by atoms with E-state index < -0.39 is 0 Å². The number of carbonyl (C=O) groups excluding carboxylic acids is 2. The van der Waals surface area contributed by atoms with Gasteiger partial charge in [0.05, 0.1) is 30.7 Å². The largest absolute Gasteiger partial charge is 0.449 e. The van der Waals surface area contributed by atoms with Gasteiger partial charge in [0, 0.05) is 37.7 Å². The maximum atomic E-state index is 12.7. The molecule has 1 saturated heterocycles. The van der Waals surface area contributed by atoms with Crippen LogP contribution in [0.5, 0.6) is 0 Å². The number of rotatable bonds is 4. The van der Waals surface area contributed by atoms with Crippen molar-refractivity contribution < 1.29 is 14.3 Å². The highest BCUT2D eigenvalue weighted by Crippen LogP contribution is 2.44. The Kier molecular flexibility index (Phi) is 7.76. The van der Waals surface area contributed by atoms with Gasteiger partial charge in [0.15, 0.2) is 0 Å². The highest BCUT2D eigenvalue weighted by atomic mass is 16.6. The predicted molar refractivity (Wildman–Crippen MR) is 146 cm³/mol. The van der Waals surface area contributed by atoms with Crippen molar-refractivity contribution in [3.05, 3.63) is 47.4 Å². The van der Waals surface area contributed by atoms with E-state index in [2.05, 4.69) is 68.1 Å². The zero-order valence-corrected chi connectivity index (χ0v) is 23.2.